The minimum atomic E-state index is -6.00. The molecule has 3 aromatic rings. The average Bonchev–Trinajstić information content (AvgIpc) is 3.21. The van der Waals surface area contributed by atoms with E-state index >= 15 is 0 Å². The maximum Gasteiger partial charge on any atom is 0.673 e. The van der Waals surface area contributed by atoms with Gasteiger partial charge in [-0.1, -0.05) is 47.1 Å². The van der Waals surface area contributed by atoms with Gasteiger partial charge < -0.3 is 22.0 Å². The summed E-state index contributed by atoms with van der Waals surface area (Å²) >= 11 is 0. The van der Waals surface area contributed by atoms with Crippen molar-refractivity contribution in [3.63, 3.8) is 0 Å². The van der Waals surface area contributed by atoms with E-state index < -0.39 is 7.25 Å². The second-order valence-electron chi connectivity index (χ2n) is 6.41. The number of rotatable bonds is 1. The van der Waals surface area contributed by atoms with Crippen LogP contribution in [0.5, 0.6) is 0 Å². The van der Waals surface area contributed by atoms with Crippen LogP contribution in [0.15, 0.2) is 60.9 Å². The number of para-hydroxylation sites is 1. The number of fused-ring (bicyclic) bond motifs is 5. The Morgan fingerprint density at radius 1 is 1.00 bits per heavy atom. The van der Waals surface area contributed by atoms with Crippen LogP contribution in [-0.2, 0) is 17.8 Å². The first-order valence-electron chi connectivity index (χ1n) is 8.52. The van der Waals surface area contributed by atoms with Gasteiger partial charge in [0, 0.05) is 11.5 Å². The first-order valence-corrected chi connectivity index (χ1v) is 8.52. The molecule has 1 aliphatic carbocycles. The number of benzene rings is 2. The normalized spacial score (nSPS) is 20.1. The van der Waals surface area contributed by atoms with Crippen LogP contribution in [0.4, 0.5) is 17.3 Å². The quantitative estimate of drug-likeness (QED) is 0.369. The molecule has 0 fully saturated rings. The predicted molar refractivity (Wildman–Crippen MR) is 90.8 cm³/mol. The van der Waals surface area contributed by atoms with E-state index in [4.69, 9.17) is 9.84 Å². The Kier molecular flexibility index (Phi) is 4.47. The van der Waals surface area contributed by atoms with E-state index in [-0.39, 0.29) is 12.1 Å². The molecule has 4 nitrogen and oxygen atoms in total. The molecule has 140 valence electrons. The monoisotopic (exact) mass is 377 g/mol. The summed E-state index contributed by atoms with van der Waals surface area (Å²) in [6.07, 6.45) is 3.32. The van der Waals surface area contributed by atoms with E-state index in [1.165, 1.54) is 11.1 Å². The SMILES string of the molecule is F[B-](F)(F)F.c1ccc(-n2c[n+]3c(n2)CO[C@@H]2Cc4ccccc4C23)cc1. The summed E-state index contributed by atoms with van der Waals surface area (Å²) < 4.78 is 49.3. The fraction of sp³-hybridized carbons (Fsp3) is 0.222. The number of ether oxygens (including phenoxy) is 1. The summed E-state index contributed by atoms with van der Waals surface area (Å²) in [7, 11) is -6.00. The molecular formula is C18H16BF4N3O. The molecule has 0 spiro atoms. The van der Waals surface area contributed by atoms with E-state index in [0.29, 0.717) is 6.61 Å². The van der Waals surface area contributed by atoms with Crippen LogP contribution < -0.4 is 4.57 Å². The molecule has 2 atom stereocenters. The van der Waals surface area contributed by atoms with Crippen LogP contribution in [0.25, 0.3) is 5.69 Å². The van der Waals surface area contributed by atoms with Gasteiger partial charge in [-0.25, -0.2) is 4.57 Å². The van der Waals surface area contributed by atoms with Crippen molar-refractivity contribution in [1.82, 2.24) is 9.78 Å². The van der Waals surface area contributed by atoms with E-state index in [2.05, 4.69) is 47.3 Å². The molecule has 1 unspecified atom stereocenters. The maximum atomic E-state index is 9.75. The van der Waals surface area contributed by atoms with Crippen molar-refractivity contribution in [1.29, 1.82) is 0 Å². The average molecular weight is 377 g/mol. The molecule has 5 rings (SSSR count). The number of halogens is 4. The van der Waals surface area contributed by atoms with Crippen LogP contribution in [0.3, 0.4) is 0 Å². The largest absolute Gasteiger partial charge is 0.673 e. The molecule has 0 amide bonds. The molecular weight excluding hydrogens is 361 g/mol. The van der Waals surface area contributed by atoms with E-state index in [1.54, 1.807) is 0 Å². The Hall–Kier alpha value is -2.68. The molecule has 0 saturated heterocycles. The van der Waals surface area contributed by atoms with Gasteiger partial charge in [0.2, 0.25) is 6.33 Å². The predicted octanol–water partition coefficient (Wildman–Crippen LogP) is 3.50. The molecule has 2 aliphatic rings. The minimum absolute atomic E-state index is 0.225. The van der Waals surface area contributed by atoms with Crippen molar-refractivity contribution >= 4 is 7.25 Å². The highest BCUT2D eigenvalue weighted by Gasteiger charge is 2.43. The van der Waals surface area contributed by atoms with Crippen LogP contribution >= 0.6 is 0 Å². The molecule has 1 aliphatic heterocycles. The molecule has 1 aromatic heterocycles. The van der Waals surface area contributed by atoms with Crippen LogP contribution in [0.2, 0.25) is 0 Å². The molecule has 2 aromatic carbocycles. The summed E-state index contributed by atoms with van der Waals surface area (Å²) in [5.41, 5.74) is 3.84. The van der Waals surface area contributed by atoms with E-state index in [9.17, 15) is 17.3 Å². The first-order chi connectivity index (χ1) is 12.9. The van der Waals surface area contributed by atoms with E-state index in [1.807, 2.05) is 22.9 Å². The van der Waals surface area contributed by atoms with Crippen LogP contribution in [0.1, 0.15) is 23.0 Å². The second-order valence-corrected chi connectivity index (χ2v) is 6.41. The fourth-order valence-electron chi connectivity index (χ4n) is 3.63. The Morgan fingerprint density at radius 3 is 2.41 bits per heavy atom. The molecule has 0 saturated carbocycles. The van der Waals surface area contributed by atoms with Gasteiger partial charge in [-0.3, -0.25) is 0 Å². The molecule has 27 heavy (non-hydrogen) atoms. The Bertz CT molecular complexity index is 939. The minimum Gasteiger partial charge on any atom is -0.418 e. The molecule has 0 radical (unpaired) electrons. The van der Waals surface area contributed by atoms with Crippen LogP contribution in [0, 0.1) is 0 Å². The molecule has 9 heteroatoms. The van der Waals surface area contributed by atoms with Crippen molar-refractivity contribution in [2.24, 2.45) is 0 Å². The Labute approximate surface area is 153 Å². The van der Waals surface area contributed by atoms with Crippen molar-refractivity contribution in [2.45, 2.75) is 25.2 Å². The van der Waals surface area contributed by atoms with Crippen molar-refractivity contribution < 1.29 is 26.6 Å². The van der Waals surface area contributed by atoms with Crippen molar-refractivity contribution in [3.05, 3.63) is 77.9 Å². The van der Waals surface area contributed by atoms with Gasteiger partial charge >= 0.3 is 13.1 Å². The van der Waals surface area contributed by atoms with Crippen LogP contribution in [-0.4, -0.2) is 23.1 Å². The zero-order chi connectivity index (χ0) is 19.0. The maximum absolute atomic E-state index is 9.75. The van der Waals surface area contributed by atoms with Crippen molar-refractivity contribution in [3.8, 4) is 5.69 Å². The fourth-order valence-corrected chi connectivity index (χ4v) is 3.63. The van der Waals surface area contributed by atoms with Gasteiger partial charge in [0.1, 0.15) is 24.4 Å². The van der Waals surface area contributed by atoms with Gasteiger partial charge in [-0.2, -0.15) is 0 Å². The zero-order valence-corrected chi connectivity index (χ0v) is 14.2. The highest BCUT2D eigenvalue weighted by molar-refractivity contribution is 6.50. The summed E-state index contributed by atoms with van der Waals surface area (Å²) in [6.45, 7) is 0.578. The highest BCUT2D eigenvalue weighted by atomic mass is 19.5. The summed E-state index contributed by atoms with van der Waals surface area (Å²) in [5.74, 6) is 0.988. The number of nitrogens with zero attached hydrogens (tertiary/aromatic N) is 3. The Morgan fingerprint density at radius 2 is 1.67 bits per heavy atom. The zero-order valence-electron chi connectivity index (χ0n) is 14.2. The lowest BCUT2D eigenvalue weighted by atomic mass is 10.1. The summed E-state index contributed by atoms with van der Waals surface area (Å²) in [6, 6.07) is 19.1. The number of hydrogen-bond donors (Lipinski definition) is 0. The lowest BCUT2D eigenvalue weighted by molar-refractivity contribution is -0.739. The molecule has 0 bridgehead atoms. The lowest BCUT2D eigenvalue weighted by Crippen LogP contribution is -2.51. The third-order valence-electron chi connectivity index (χ3n) is 4.65. The summed E-state index contributed by atoms with van der Waals surface area (Å²) in [5, 5.41) is 4.71. The molecule has 2 heterocycles. The first kappa shape index (κ1) is 17.7. The smallest absolute Gasteiger partial charge is 0.418 e. The van der Waals surface area contributed by atoms with Gasteiger partial charge in [-0.15, -0.1) is 0 Å². The van der Waals surface area contributed by atoms with Gasteiger partial charge in [0.05, 0.1) is 0 Å². The Balaban J connectivity index is 0.000000323. The third kappa shape index (κ3) is 3.73. The lowest BCUT2D eigenvalue weighted by Gasteiger charge is -2.23. The number of aromatic nitrogens is 3. The topological polar surface area (TPSA) is 30.9 Å². The summed E-state index contributed by atoms with van der Waals surface area (Å²) in [4.78, 5) is 0. The second kappa shape index (κ2) is 6.81. The standard InChI is InChI=1S/C18H16N3O.BF4/c1-2-7-14(8-3-1)21-12-20-17(19-21)11-22-16-10-13-6-4-5-9-15(13)18(16)20;2-1(3,4)5/h1-9,12,16,18H,10-11H2;/q+1;-1/t16-,18?;/m1./s1. The van der Waals surface area contributed by atoms with Gasteiger partial charge in [-0.05, 0) is 23.3 Å². The van der Waals surface area contributed by atoms with Gasteiger partial charge in [0.25, 0.3) is 0 Å². The van der Waals surface area contributed by atoms with Crippen molar-refractivity contribution in [2.75, 3.05) is 0 Å². The number of hydrogen-bond acceptors (Lipinski definition) is 2. The third-order valence-corrected chi connectivity index (χ3v) is 4.65. The molecule has 0 N–H and O–H groups in total. The van der Waals surface area contributed by atoms with Gasteiger partial charge in [0.15, 0.2) is 0 Å². The van der Waals surface area contributed by atoms with E-state index in [0.717, 1.165) is 17.9 Å². The highest BCUT2D eigenvalue weighted by Crippen LogP contribution is 2.35.